The van der Waals surface area contributed by atoms with Crippen molar-refractivity contribution >= 4 is 21.9 Å². The average molecular weight is 420 g/mol. The topological polar surface area (TPSA) is 40.8 Å². The van der Waals surface area contributed by atoms with E-state index in [4.69, 9.17) is 9.90 Å². The van der Waals surface area contributed by atoms with Crippen LogP contribution in [0.5, 0.6) is 0 Å². The van der Waals surface area contributed by atoms with Crippen molar-refractivity contribution in [2.45, 2.75) is 26.1 Å². The van der Waals surface area contributed by atoms with Crippen LogP contribution in [0.3, 0.4) is 0 Å². The molecule has 0 unspecified atom stereocenters. The second-order valence-corrected chi connectivity index (χ2v) is 8.17. The van der Waals surface area contributed by atoms with E-state index in [1.165, 1.54) is 0 Å². The van der Waals surface area contributed by atoms with Crippen LogP contribution < -0.4 is 4.57 Å². The minimum absolute atomic E-state index is 0.266. The highest BCUT2D eigenvalue weighted by Crippen LogP contribution is 2.43. The zero-order valence-corrected chi connectivity index (χ0v) is 17.9. The van der Waals surface area contributed by atoms with Crippen molar-refractivity contribution < 1.29 is 14.5 Å². The Labute approximate surface area is 192 Å². The Hall–Kier alpha value is -3.90. The number of aromatic nitrogens is 1. The lowest BCUT2D eigenvalue weighted by Gasteiger charge is -2.11. The molecule has 0 bridgehead atoms. The van der Waals surface area contributed by atoms with Gasteiger partial charge in [0.2, 0.25) is 5.69 Å². The Morgan fingerprint density at radius 2 is 1.75 bits per heavy atom. The Morgan fingerprint density at radius 1 is 0.938 bits per heavy atom. The zero-order chi connectivity index (χ0) is 25.4. The fraction of sp³-hybridized carbons (Fsp3) is 0.172. The van der Waals surface area contributed by atoms with Gasteiger partial charge in [-0.15, -0.1) is 0 Å². The predicted molar refractivity (Wildman–Crippen MR) is 127 cm³/mol. The first-order chi connectivity index (χ1) is 17.1. The molecular formula is C29H23N2O+. The molecule has 3 heteroatoms. The molecule has 0 N–H and O–H groups in total. The highest BCUT2D eigenvalue weighted by molar-refractivity contribution is 6.14. The van der Waals surface area contributed by atoms with Gasteiger partial charge in [-0.05, 0) is 66.5 Å². The number of hydrogen-bond acceptors (Lipinski definition) is 2. The van der Waals surface area contributed by atoms with Crippen LogP contribution in [0, 0.1) is 18.3 Å². The van der Waals surface area contributed by atoms with Gasteiger partial charge in [0.25, 0.3) is 0 Å². The molecule has 32 heavy (non-hydrogen) atoms. The number of hydrogen-bond donors (Lipinski definition) is 0. The van der Waals surface area contributed by atoms with E-state index in [-0.39, 0.29) is 6.42 Å². The molecule has 5 aromatic rings. The normalized spacial score (nSPS) is 17.9. The quantitative estimate of drug-likeness (QED) is 0.310. The summed E-state index contributed by atoms with van der Waals surface area (Å²) in [5, 5.41) is 11.8. The summed E-state index contributed by atoms with van der Waals surface area (Å²) < 4.78 is 42.8. The maximum Gasteiger partial charge on any atom is 0.216 e. The summed E-state index contributed by atoms with van der Waals surface area (Å²) in [6.07, 6.45) is -1.96. The van der Waals surface area contributed by atoms with E-state index in [1.54, 1.807) is 24.3 Å². The van der Waals surface area contributed by atoms with Gasteiger partial charge in [0.15, 0.2) is 6.20 Å². The van der Waals surface area contributed by atoms with Gasteiger partial charge < -0.3 is 4.42 Å². The largest absolute Gasteiger partial charge is 0.454 e. The number of aryl methyl sites for hydroxylation is 3. The molecule has 0 saturated heterocycles. The monoisotopic (exact) mass is 419 g/mol. The summed E-state index contributed by atoms with van der Waals surface area (Å²) in [5.74, 6) is 0. The summed E-state index contributed by atoms with van der Waals surface area (Å²) in [4.78, 5) is 0. The molecule has 0 aliphatic heterocycles. The van der Waals surface area contributed by atoms with Gasteiger partial charge in [0.1, 0.15) is 18.2 Å². The van der Waals surface area contributed by atoms with Gasteiger partial charge in [0.05, 0.1) is 17.2 Å². The van der Waals surface area contributed by atoms with Gasteiger partial charge in [-0.25, -0.2) is 4.57 Å². The summed E-state index contributed by atoms with van der Waals surface area (Å²) in [6.45, 7) is 2.04. The van der Waals surface area contributed by atoms with Crippen molar-refractivity contribution in [2.24, 2.45) is 7.05 Å². The third kappa shape index (κ3) is 2.63. The van der Waals surface area contributed by atoms with Crippen LogP contribution in [0.4, 0.5) is 0 Å². The second-order valence-electron chi connectivity index (χ2n) is 8.17. The van der Waals surface area contributed by atoms with Crippen LogP contribution in [0.15, 0.2) is 71.3 Å². The molecule has 0 spiro atoms. The zero-order valence-electron chi connectivity index (χ0n) is 21.9. The van der Waals surface area contributed by atoms with E-state index in [1.807, 2.05) is 55.1 Å². The molecule has 2 aromatic heterocycles. The molecule has 0 fully saturated rings. The predicted octanol–water partition coefficient (Wildman–Crippen LogP) is 6.41. The number of pyridine rings is 1. The molecule has 0 atom stereocenters. The first kappa shape index (κ1) is 15.0. The van der Waals surface area contributed by atoms with E-state index in [0.717, 1.165) is 27.6 Å². The second kappa shape index (κ2) is 7.07. The third-order valence-electron chi connectivity index (χ3n) is 6.33. The maximum atomic E-state index is 10.0. The first-order valence-electron chi connectivity index (χ1n) is 12.6. The molecule has 3 aromatic carbocycles. The van der Waals surface area contributed by atoms with Gasteiger partial charge in [0, 0.05) is 34.0 Å². The number of furan rings is 1. The lowest BCUT2D eigenvalue weighted by Crippen LogP contribution is -2.30. The van der Waals surface area contributed by atoms with E-state index in [0.29, 0.717) is 39.0 Å². The number of benzene rings is 3. The number of rotatable bonds is 2. The van der Waals surface area contributed by atoms with Gasteiger partial charge in [-0.2, -0.15) is 5.26 Å². The van der Waals surface area contributed by atoms with Gasteiger partial charge >= 0.3 is 0 Å². The maximum absolute atomic E-state index is 10.0. The molecule has 2 heterocycles. The highest BCUT2D eigenvalue weighted by Gasteiger charge is 2.25. The minimum Gasteiger partial charge on any atom is -0.454 e. The van der Waals surface area contributed by atoms with Crippen LogP contribution >= 0.6 is 0 Å². The van der Waals surface area contributed by atoms with E-state index in [9.17, 15) is 5.26 Å². The summed E-state index contributed by atoms with van der Waals surface area (Å²) >= 11 is 0. The van der Waals surface area contributed by atoms with Gasteiger partial charge in [-0.3, -0.25) is 0 Å². The van der Waals surface area contributed by atoms with Crippen molar-refractivity contribution in [3.05, 3.63) is 89.1 Å². The molecule has 0 radical (unpaired) electrons. The molecule has 0 amide bonds. The van der Waals surface area contributed by atoms with Gasteiger partial charge in [-0.1, -0.05) is 30.3 Å². The van der Waals surface area contributed by atoms with E-state index < -0.39 is 12.7 Å². The SMILES string of the molecule is [2H]C1([2H])CC([2H])([2H])c2c(-c3c(C#N)ccc4c3oc3c(-c5cccc[n+]5C)c(C)ccc34)cccc21. The standard InChI is InChI=1S/C29H23N2O/c1-18-12-14-23-24-15-13-20(17-30)27(22-10-6-8-19-7-5-9-21(19)22)29(24)32-28(23)26(18)25-11-3-4-16-31(25)2/h3-4,6,8,10-16H,5,7,9H2,1-2H3/q+1/i7D2,9D2. The number of fused-ring (bicyclic) bond motifs is 4. The van der Waals surface area contributed by atoms with Crippen LogP contribution in [0.25, 0.3) is 44.3 Å². The lowest BCUT2D eigenvalue weighted by molar-refractivity contribution is -0.660. The lowest BCUT2D eigenvalue weighted by atomic mass is 9.92. The summed E-state index contributed by atoms with van der Waals surface area (Å²) in [7, 11) is 1.98. The summed E-state index contributed by atoms with van der Waals surface area (Å²) in [6, 6.07) is 21.1. The fourth-order valence-electron chi connectivity index (χ4n) is 4.79. The molecule has 0 saturated carbocycles. The van der Waals surface area contributed by atoms with E-state index in [2.05, 4.69) is 12.1 Å². The smallest absolute Gasteiger partial charge is 0.216 e. The molecule has 1 aliphatic carbocycles. The Balaban J connectivity index is 1.75. The van der Waals surface area contributed by atoms with E-state index >= 15 is 0 Å². The highest BCUT2D eigenvalue weighted by atomic mass is 16.3. The van der Waals surface area contributed by atoms with Crippen molar-refractivity contribution in [3.63, 3.8) is 0 Å². The van der Waals surface area contributed by atoms with Crippen molar-refractivity contribution in [2.75, 3.05) is 0 Å². The van der Waals surface area contributed by atoms with Crippen LogP contribution in [-0.2, 0) is 19.8 Å². The van der Waals surface area contributed by atoms with Crippen LogP contribution in [0.1, 0.15) is 34.2 Å². The molecule has 154 valence electrons. The number of nitriles is 1. The number of nitrogens with zero attached hydrogens (tertiary/aromatic N) is 2. The molecule has 6 rings (SSSR count). The van der Waals surface area contributed by atoms with Crippen molar-refractivity contribution in [1.82, 2.24) is 0 Å². The minimum atomic E-state index is -1.88. The van der Waals surface area contributed by atoms with Crippen molar-refractivity contribution in [3.8, 4) is 28.5 Å². The summed E-state index contributed by atoms with van der Waals surface area (Å²) in [5.41, 5.74) is 6.21. The van der Waals surface area contributed by atoms with Crippen molar-refractivity contribution in [1.29, 1.82) is 5.26 Å². The molecule has 3 nitrogen and oxygen atoms in total. The Bertz CT molecular complexity index is 1760. The Kier molecular flexibility index (Phi) is 3.31. The van der Waals surface area contributed by atoms with Crippen LogP contribution in [0.2, 0.25) is 0 Å². The van der Waals surface area contributed by atoms with Crippen LogP contribution in [-0.4, -0.2) is 0 Å². The average Bonchev–Trinajstić information content (AvgIpc) is 3.30. The fourth-order valence-corrected chi connectivity index (χ4v) is 4.79. The molecule has 1 aliphatic rings. The molecular weight excluding hydrogens is 392 g/mol. The first-order valence-corrected chi connectivity index (χ1v) is 10.6. The third-order valence-corrected chi connectivity index (χ3v) is 6.33. The Morgan fingerprint density at radius 3 is 2.56 bits per heavy atom.